The Hall–Kier alpha value is -2.30. The highest BCUT2D eigenvalue weighted by Gasteiger charge is 2.26. The molecule has 2 rings (SSSR count). The maximum atomic E-state index is 12.9. The van der Waals surface area contributed by atoms with Gasteiger partial charge >= 0.3 is 0 Å². The topological polar surface area (TPSA) is 50.2 Å². The first-order valence-electron chi connectivity index (χ1n) is 8.94. The summed E-state index contributed by atoms with van der Waals surface area (Å²) in [6, 6.07) is 10.1. The number of aromatic nitrogens is 2. The summed E-state index contributed by atoms with van der Waals surface area (Å²) in [7, 11) is 0. The molecule has 5 nitrogen and oxygen atoms in total. The Bertz CT molecular complexity index is 711. The highest BCUT2D eigenvalue weighted by molar-refractivity contribution is 5.85. The molecule has 0 aliphatic rings. The third kappa shape index (κ3) is 4.03. The molecule has 0 bridgehead atoms. The maximum Gasteiger partial charge on any atom is 0.245 e. The summed E-state index contributed by atoms with van der Waals surface area (Å²) in [5, 5.41) is 8.02. The van der Waals surface area contributed by atoms with E-state index in [1.807, 2.05) is 60.7 Å². The van der Waals surface area contributed by atoms with Crippen LogP contribution in [-0.4, -0.2) is 38.7 Å². The first-order valence-corrected chi connectivity index (χ1v) is 8.94. The van der Waals surface area contributed by atoms with Crippen LogP contribution in [0.3, 0.4) is 0 Å². The number of benzene rings is 1. The summed E-state index contributed by atoms with van der Waals surface area (Å²) >= 11 is 0. The number of para-hydroxylation sites is 1. The molecule has 25 heavy (non-hydrogen) atoms. The van der Waals surface area contributed by atoms with E-state index in [0.717, 1.165) is 22.8 Å². The summed E-state index contributed by atoms with van der Waals surface area (Å²) in [5.74, 6) is 0.108. The van der Waals surface area contributed by atoms with Gasteiger partial charge in [-0.25, -0.2) is 4.68 Å². The molecule has 0 unspecified atom stereocenters. The SMILES string of the molecule is Cc1nn(-c2ccccc2)c(C)c1N[C@H](C)C(=O)N(C(C)C)C(C)C. The first kappa shape index (κ1) is 19.0. The lowest BCUT2D eigenvalue weighted by molar-refractivity contribution is -0.135. The number of nitrogens with zero attached hydrogens (tertiary/aromatic N) is 3. The van der Waals surface area contributed by atoms with Crippen LogP contribution < -0.4 is 5.32 Å². The Kier molecular flexibility index (Phi) is 5.88. The molecule has 1 N–H and O–H groups in total. The Balaban J connectivity index is 2.26. The highest BCUT2D eigenvalue weighted by Crippen LogP contribution is 2.24. The summed E-state index contributed by atoms with van der Waals surface area (Å²) < 4.78 is 1.91. The van der Waals surface area contributed by atoms with Crippen molar-refractivity contribution in [3.05, 3.63) is 41.7 Å². The minimum atomic E-state index is -0.310. The van der Waals surface area contributed by atoms with E-state index < -0.39 is 0 Å². The van der Waals surface area contributed by atoms with Gasteiger partial charge in [0.1, 0.15) is 6.04 Å². The summed E-state index contributed by atoms with van der Waals surface area (Å²) in [6.07, 6.45) is 0. The van der Waals surface area contributed by atoms with E-state index in [-0.39, 0.29) is 24.0 Å². The van der Waals surface area contributed by atoms with Crippen LogP contribution in [0.2, 0.25) is 0 Å². The van der Waals surface area contributed by atoms with Crippen LogP contribution in [-0.2, 0) is 4.79 Å². The van der Waals surface area contributed by atoms with Crippen LogP contribution in [0.4, 0.5) is 5.69 Å². The number of amides is 1. The van der Waals surface area contributed by atoms with Crippen LogP contribution >= 0.6 is 0 Å². The van der Waals surface area contributed by atoms with Gasteiger partial charge in [0, 0.05) is 12.1 Å². The predicted octanol–water partition coefficient (Wildman–Crippen LogP) is 3.93. The summed E-state index contributed by atoms with van der Waals surface area (Å²) in [6.45, 7) is 14.1. The van der Waals surface area contributed by atoms with Gasteiger partial charge in [0.05, 0.1) is 22.8 Å². The largest absolute Gasteiger partial charge is 0.371 e. The van der Waals surface area contributed by atoms with Crippen molar-refractivity contribution in [3.8, 4) is 5.69 Å². The standard InChI is InChI=1S/C20H30N4O/c1-13(2)23(14(3)4)20(25)16(6)21-19-15(5)22-24(17(19)7)18-11-9-8-10-12-18/h8-14,16,21H,1-7H3/t16-/m1/s1. The van der Waals surface area contributed by atoms with Crippen LogP contribution in [0.25, 0.3) is 5.69 Å². The molecule has 0 saturated heterocycles. The number of nitrogens with one attached hydrogen (secondary N) is 1. The molecule has 2 aromatic rings. The molecule has 0 aliphatic heterocycles. The monoisotopic (exact) mass is 342 g/mol. The van der Waals surface area contributed by atoms with Crippen molar-refractivity contribution in [3.63, 3.8) is 0 Å². The van der Waals surface area contributed by atoms with E-state index in [4.69, 9.17) is 0 Å². The second kappa shape index (κ2) is 7.72. The molecule has 136 valence electrons. The predicted molar refractivity (Wildman–Crippen MR) is 103 cm³/mol. The van der Waals surface area contributed by atoms with E-state index >= 15 is 0 Å². The highest BCUT2D eigenvalue weighted by atomic mass is 16.2. The molecule has 1 aromatic heterocycles. The fraction of sp³-hybridized carbons (Fsp3) is 0.500. The van der Waals surface area contributed by atoms with Crippen molar-refractivity contribution in [1.29, 1.82) is 0 Å². The van der Waals surface area contributed by atoms with E-state index in [2.05, 4.69) is 38.1 Å². The fourth-order valence-electron chi connectivity index (χ4n) is 3.28. The van der Waals surface area contributed by atoms with E-state index in [0.29, 0.717) is 0 Å². The van der Waals surface area contributed by atoms with Gasteiger partial charge in [0.2, 0.25) is 5.91 Å². The fourth-order valence-corrected chi connectivity index (χ4v) is 3.28. The molecule has 0 saturated carbocycles. The van der Waals surface area contributed by atoms with E-state index in [1.54, 1.807) is 0 Å². The van der Waals surface area contributed by atoms with Crippen molar-refractivity contribution in [1.82, 2.24) is 14.7 Å². The van der Waals surface area contributed by atoms with Crippen molar-refractivity contribution in [2.24, 2.45) is 0 Å². The Morgan fingerprint density at radius 2 is 1.60 bits per heavy atom. The zero-order chi connectivity index (χ0) is 18.7. The Labute approximate surface area is 151 Å². The third-order valence-electron chi connectivity index (χ3n) is 4.39. The van der Waals surface area contributed by atoms with E-state index in [1.165, 1.54) is 0 Å². The van der Waals surface area contributed by atoms with Crippen LogP contribution in [0.1, 0.15) is 46.0 Å². The van der Waals surface area contributed by atoms with Crippen LogP contribution in [0.15, 0.2) is 30.3 Å². The number of rotatable bonds is 6. The minimum Gasteiger partial charge on any atom is -0.371 e. The molecule has 1 heterocycles. The Morgan fingerprint density at radius 1 is 1.04 bits per heavy atom. The molecule has 0 fully saturated rings. The second-order valence-corrected chi connectivity index (χ2v) is 7.09. The molecular weight excluding hydrogens is 312 g/mol. The number of hydrogen-bond donors (Lipinski definition) is 1. The summed E-state index contributed by atoms with van der Waals surface area (Å²) in [5.41, 5.74) is 3.84. The normalized spacial score (nSPS) is 12.5. The van der Waals surface area contributed by atoms with Crippen molar-refractivity contribution in [2.75, 3.05) is 5.32 Å². The van der Waals surface area contributed by atoms with Gasteiger partial charge in [0.15, 0.2) is 0 Å². The average molecular weight is 342 g/mol. The number of aryl methyl sites for hydroxylation is 1. The second-order valence-electron chi connectivity index (χ2n) is 7.09. The smallest absolute Gasteiger partial charge is 0.245 e. The first-order chi connectivity index (χ1) is 11.7. The number of hydrogen-bond acceptors (Lipinski definition) is 3. The van der Waals surface area contributed by atoms with Gasteiger partial charge in [-0.3, -0.25) is 4.79 Å². The Morgan fingerprint density at radius 3 is 2.12 bits per heavy atom. The lowest BCUT2D eigenvalue weighted by Crippen LogP contribution is -2.48. The third-order valence-corrected chi connectivity index (χ3v) is 4.39. The summed E-state index contributed by atoms with van der Waals surface area (Å²) in [4.78, 5) is 14.8. The lowest BCUT2D eigenvalue weighted by Gasteiger charge is -2.33. The van der Waals surface area contributed by atoms with Crippen molar-refractivity contribution >= 4 is 11.6 Å². The van der Waals surface area contributed by atoms with Crippen LogP contribution in [0.5, 0.6) is 0 Å². The van der Waals surface area contributed by atoms with Gasteiger partial charge < -0.3 is 10.2 Å². The number of anilines is 1. The quantitative estimate of drug-likeness (QED) is 0.865. The van der Waals surface area contributed by atoms with Gasteiger partial charge in [-0.15, -0.1) is 0 Å². The molecule has 0 spiro atoms. The molecule has 1 amide bonds. The van der Waals surface area contributed by atoms with Crippen molar-refractivity contribution in [2.45, 2.75) is 66.6 Å². The lowest BCUT2D eigenvalue weighted by atomic mass is 10.1. The molecule has 0 radical (unpaired) electrons. The number of carbonyl (C=O) groups is 1. The minimum absolute atomic E-state index is 0.108. The molecule has 5 heteroatoms. The van der Waals surface area contributed by atoms with Gasteiger partial charge in [-0.2, -0.15) is 5.10 Å². The average Bonchev–Trinajstić information content (AvgIpc) is 2.83. The molecule has 1 aromatic carbocycles. The van der Waals surface area contributed by atoms with Gasteiger partial charge in [-0.05, 0) is 60.6 Å². The van der Waals surface area contributed by atoms with Gasteiger partial charge in [-0.1, -0.05) is 18.2 Å². The van der Waals surface area contributed by atoms with E-state index in [9.17, 15) is 4.79 Å². The molecule has 0 aliphatic carbocycles. The zero-order valence-electron chi connectivity index (χ0n) is 16.4. The van der Waals surface area contributed by atoms with Crippen LogP contribution in [0, 0.1) is 13.8 Å². The van der Waals surface area contributed by atoms with Crippen molar-refractivity contribution < 1.29 is 4.79 Å². The van der Waals surface area contributed by atoms with Gasteiger partial charge in [0.25, 0.3) is 0 Å². The zero-order valence-corrected chi connectivity index (χ0v) is 16.4. The maximum absolute atomic E-state index is 12.9. The molecule has 1 atom stereocenters. The number of carbonyl (C=O) groups excluding carboxylic acids is 1. The molecular formula is C20H30N4O.